The van der Waals surface area contributed by atoms with Crippen LogP contribution in [0.3, 0.4) is 0 Å². The Balaban J connectivity index is 2.72. The predicted octanol–water partition coefficient (Wildman–Crippen LogP) is 1.27. The summed E-state index contributed by atoms with van der Waals surface area (Å²) in [4.78, 5) is 21.2. The number of halogens is 1. The maximum Gasteiger partial charge on any atom is 0.311 e. The summed E-state index contributed by atoms with van der Waals surface area (Å²) in [5.41, 5.74) is -0.285. The zero-order valence-corrected chi connectivity index (χ0v) is 9.81. The molecule has 94 valence electrons. The molecule has 18 heavy (non-hydrogen) atoms. The summed E-state index contributed by atoms with van der Waals surface area (Å²) < 4.78 is 4.99. The molecule has 7 nitrogen and oxygen atoms in total. The average Bonchev–Trinajstić information content (AvgIpc) is 2.33. The third-order valence-electron chi connectivity index (χ3n) is 1.84. The highest BCUT2D eigenvalue weighted by Crippen LogP contribution is 2.29. The Labute approximate surface area is 107 Å². The van der Waals surface area contributed by atoms with Gasteiger partial charge >= 0.3 is 5.69 Å². The van der Waals surface area contributed by atoms with Crippen molar-refractivity contribution < 1.29 is 14.5 Å². The van der Waals surface area contributed by atoms with E-state index in [-0.39, 0.29) is 23.0 Å². The number of benzene rings is 1. The van der Waals surface area contributed by atoms with Crippen molar-refractivity contribution >= 4 is 23.2 Å². The molecule has 1 aromatic carbocycles. The zero-order valence-electron chi connectivity index (χ0n) is 9.05. The van der Waals surface area contributed by atoms with E-state index in [9.17, 15) is 14.9 Å². The second-order valence-corrected chi connectivity index (χ2v) is 3.53. The van der Waals surface area contributed by atoms with E-state index < -0.39 is 17.4 Å². The summed E-state index contributed by atoms with van der Waals surface area (Å²) in [5, 5.41) is 21.4. The minimum atomic E-state index is -0.640. The van der Waals surface area contributed by atoms with Gasteiger partial charge in [0.1, 0.15) is 6.54 Å². The second-order valence-electron chi connectivity index (χ2n) is 3.09. The SMILES string of the molecule is N#CCNC(=O)COc1cc(Cl)ccc1[N+](=O)[O-]. The third-order valence-corrected chi connectivity index (χ3v) is 2.08. The monoisotopic (exact) mass is 269 g/mol. The van der Waals surface area contributed by atoms with Crippen molar-refractivity contribution in [3.05, 3.63) is 33.3 Å². The van der Waals surface area contributed by atoms with Gasteiger partial charge in [0.2, 0.25) is 0 Å². The summed E-state index contributed by atoms with van der Waals surface area (Å²) in [6, 6.07) is 5.50. The molecule has 1 aromatic rings. The lowest BCUT2D eigenvalue weighted by Crippen LogP contribution is -2.29. The smallest absolute Gasteiger partial charge is 0.311 e. The summed E-state index contributed by atoms with van der Waals surface area (Å²) in [6.45, 7) is -0.581. The molecular weight excluding hydrogens is 262 g/mol. The van der Waals surface area contributed by atoms with Gasteiger partial charge in [0, 0.05) is 17.2 Å². The van der Waals surface area contributed by atoms with Crippen LogP contribution in [0, 0.1) is 21.4 Å². The first-order valence-corrected chi connectivity index (χ1v) is 5.12. The first kappa shape index (κ1) is 13.7. The normalized spacial score (nSPS) is 9.33. The number of hydrogen-bond donors (Lipinski definition) is 1. The number of carbonyl (C=O) groups is 1. The molecule has 0 bridgehead atoms. The van der Waals surface area contributed by atoms with Crippen LogP contribution >= 0.6 is 11.6 Å². The number of ether oxygens (including phenoxy) is 1. The number of nitro groups is 1. The predicted molar refractivity (Wildman–Crippen MR) is 62.2 cm³/mol. The fraction of sp³-hybridized carbons (Fsp3) is 0.200. The van der Waals surface area contributed by atoms with Crippen LogP contribution in [-0.4, -0.2) is 24.0 Å². The van der Waals surface area contributed by atoms with Gasteiger partial charge in [-0.05, 0) is 6.07 Å². The lowest BCUT2D eigenvalue weighted by atomic mass is 10.3. The molecular formula is C10H8ClN3O4. The van der Waals surface area contributed by atoms with Gasteiger partial charge in [-0.25, -0.2) is 0 Å². The molecule has 0 atom stereocenters. The minimum Gasteiger partial charge on any atom is -0.477 e. The maximum atomic E-state index is 11.2. The maximum absolute atomic E-state index is 11.2. The molecule has 8 heteroatoms. The first-order chi connectivity index (χ1) is 8.54. The lowest BCUT2D eigenvalue weighted by molar-refractivity contribution is -0.385. The van der Waals surface area contributed by atoms with Gasteiger partial charge in [0.05, 0.1) is 11.0 Å². The Morgan fingerprint density at radius 2 is 2.33 bits per heavy atom. The van der Waals surface area contributed by atoms with Gasteiger partial charge in [0.25, 0.3) is 5.91 Å². The summed E-state index contributed by atoms with van der Waals surface area (Å²) >= 11 is 5.67. The van der Waals surface area contributed by atoms with Crippen molar-refractivity contribution in [2.45, 2.75) is 0 Å². The van der Waals surface area contributed by atoms with Gasteiger partial charge < -0.3 is 10.1 Å². The van der Waals surface area contributed by atoms with E-state index in [0.29, 0.717) is 0 Å². The summed E-state index contributed by atoms with van der Waals surface area (Å²) in [7, 11) is 0. The topological polar surface area (TPSA) is 105 Å². The van der Waals surface area contributed by atoms with Gasteiger partial charge in [0.15, 0.2) is 12.4 Å². The van der Waals surface area contributed by atoms with Gasteiger partial charge in [-0.2, -0.15) is 5.26 Å². The Kier molecular flexibility index (Phi) is 4.90. The molecule has 0 unspecified atom stereocenters. The highest BCUT2D eigenvalue weighted by Gasteiger charge is 2.16. The van der Waals surface area contributed by atoms with Crippen molar-refractivity contribution in [1.82, 2.24) is 5.32 Å². The number of nitriles is 1. The molecule has 0 saturated carbocycles. The molecule has 0 spiro atoms. The van der Waals surface area contributed by atoms with Crippen molar-refractivity contribution in [2.24, 2.45) is 0 Å². The first-order valence-electron chi connectivity index (χ1n) is 4.75. The number of nitrogens with zero attached hydrogens (tertiary/aromatic N) is 2. The second kappa shape index (κ2) is 6.42. The molecule has 0 fully saturated rings. The van der Waals surface area contributed by atoms with Crippen molar-refractivity contribution in [3.63, 3.8) is 0 Å². The van der Waals surface area contributed by atoms with E-state index in [1.54, 1.807) is 6.07 Å². The van der Waals surface area contributed by atoms with Gasteiger partial charge in [-0.15, -0.1) is 0 Å². The van der Waals surface area contributed by atoms with E-state index in [4.69, 9.17) is 21.6 Å². The zero-order chi connectivity index (χ0) is 13.5. The Hall–Kier alpha value is -2.33. The molecule has 1 N–H and O–H groups in total. The van der Waals surface area contributed by atoms with Crippen molar-refractivity contribution in [3.8, 4) is 11.8 Å². The molecule has 0 saturated heterocycles. The number of nitrogens with one attached hydrogen (secondary N) is 1. The van der Waals surface area contributed by atoms with Crippen LogP contribution in [0.4, 0.5) is 5.69 Å². The van der Waals surface area contributed by atoms with E-state index in [1.807, 2.05) is 0 Å². The van der Waals surface area contributed by atoms with Crippen LogP contribution in [0.15, 0.2) is 18.2 Å². The molecule has 0 aliphatic rings. The largest absolute Gasteiger partial charge is 0.477 e. The quantitative estimate of drug-likeness (QED) is 0.492. The Morgan fingerprint density at radius 1 is 1.61 bits per heavy atom. The van der Waals surface area contributed by atoms with Crippen LogP contribution in [-0.2, 0) is 4.79 Å². The van der Waals surface area contributed by atoms with Gasteiger partial charge in [-0.1, -0.05) is 11.6 Å². The number of carbonyl (C=O) groups excluding carboxylic acids is 1. The molecule has 0 heterocycles. The number of amides is 1. The van der Waals surface area contributed by atoms with E-state index in [2.05, 4.69) is 5.32 Å². The fourth-order valence-electron chi connectivity index (χ4n) is 1.09. The lowest BCUT2D eigenvalue weighted by Gasteiger charge is -2.06. The van der Waals surface area contributed by atoms with Crippen LogP contribution in [0.5, 0.6) is 5.75 Å². The molecule has 0 aliphatic carbocycles. The van der Waals surface area contributed by atoms with E-state index in [0.717, 1.165) is 0 Å². The van der Waals surface area contributed by atoms with Gasteiger partial charge in [-0.3, -0.25) is 14.9 Å². The average molecular weight is 270 g/mol. The molecule has 0 aliphatic heterocycles. The molecule has 1 rings (SSSR count). The number of nitro benzene ring substituents is 1. The molecule has 0 aromatic heterocycles. The van der Waals surface area contributed by atoms with Crippen molar-refractivity contribution in [1.29, 1.82) is 5.26 Å². The van der Waals surface area contributed by atoms with Crippen LogP contribution in [0.25, 0.3) is 0 Å². The van der Waals surface area contributed by atoms with Crippen LogP contribution in [0.2, 0.25) is 5.02 Å². The van der Waals surface area contributed by atoms with Crippen molar-refractivity contribution in [2.75, 3.05) is 13.2 Å². The standard InChI is InChI=1S/C10H8ClN3O4/c11-7-1-2-8(14(16)17)9(5-7)18-6-10(15)13-4-3-12/h1-2,5H,4,6H2,(H,13,15). The van der Waals surface area contributed by atoms with E-state index in [1.165, 1.54) is 18.2 Å². The van der Waals surface area contributed by atoms with Crippen LogP contribution in [0.1, 0.15) is 0 Å². The van der Waals surface area contributed by atoms with Crippen LogP contribution < -0.4 is 10.1 Å². The summed E-state index contributed by atoms with van der Waals surface area (Å²) in [5.74, 6) is -0.648. The number of hydrogen-bond acceptors (Lipinski definition) is 5. The highest BCUT2D eigenvalue weighted by atomic mass is 35.5. The molecule has 0 radical (unpaired) electrons. The Morgan fingerprint density at radius 3 is 2.94 bits per heavy atom. The molecule has 1 amide bonds. The minimum absolute atomic E-state index is 0.0976. The summed E-state index contributed by atoms with van der Waals surface area (Å²) in [6.07, 6.45) is 0. The Bertz CT molecular complexity index is 512. The van der Waals surface area contributed by atoms with E-state index >= 15 is 0 Å². The highest BCUT2D eigenvalue weighted by molar-refractivity contribution is 6.30. The third kappa shape index (κ3) is 3.92. The fourth-order valence-corrected chi connectivity index (χ4v) is 1.25. The number of rotatable bonds is 5.